The molecule has 5 aliphatic rings. The number of nitriles is 1. The third-order valence-electron chi connectivity index (χ3n) is 10.1. The summed E-state index contributed by atoms with van der Waals surface area (Å²) >= 11 is 0. The predicted octanol–water partition coefficient (Wildman–Crippen LogP) is 1.41. The second-order valence-corrected chi connectivity index (χ2v) is 15.7. The minimum absolute atomic E-state index is 0.0139. The maximum Gasteiger partial charge on any atom is 0.246 e. The molecule has 3 heterocycles. The van der Waals surface area contributed by atoms with Gasteiger partial charge in [0.25, 0.3) is 0 Å². The van der Waals surface area contributed by atoms with Gasteiger partial charge in [0.15, 0.2) is 0 Å². The Balaban J connectivity index is 1.27. The lowest BCUT2D eigenvalue weighted by Crippen LogP contribution is -2.61. The van der Waals surface area contributed by atoms with Gasteiger partial charge in [-0.05, 0) is 53.8 Å². The van der Waals surface area contributed by atoms with Crippen LogP contribution in [0.4, 0.5) is 0 Å². The van der Waals surface area contributed by atoms with Gasteiger partial charge in [-0.3, -0.25) is 24.1 Å². The van der Waals surface area contributed by atoms with Crippen molar-refractivity contribution in [1.82, 2.24) is 25.8 Å². The number of carbonyl (C=O) groups excluding carboxylic acids is 4. The Hall–Kier alpha value is -2.67. The van der Waals surface area contributed by atoms with Crippen molar-refractivity contribution in [3.63, 3.8) is 0 Å². The van der Waals surface area contributed by atoms with Gasteiger partial charge >= 0.3 is 0 Å². The van der Waals surface area contributed by atoms with E-state index in [0.29, 0.717) is 13.0 Å². The molecule has 5 fully saturated rings. The second kappa shape index (κ2) is 9.43. The van der Waals surface area contributed by atoms with Crippen molar-refractivity contribution >= 4 is 23.6 Å². The van der Waals surface area contributed by atoms with Crippen LogP contribution >= 0.6 is 0 Å². The van der Waals surface area contributed by atoms with E-state index in [4.69, 9.17) is 0 Å². The molecular weight excluding hydrogens is 508 g/mol. The SMILES string of the molecule is CC1(C)CN(CC(=O)N[C@H](C(=O)N2C[C@H]3[C@@H]([C@H]2C(=O)N[C@H](C#N)C[C@@H]2CC4(CC4)NC2=O)C3(C)C)C(C)(C)C)C1. The van der Waals surface area contributed by atoms with Gasteiger partial charge in [0, 0.05) is 31.1 Å². The number of piperidine rings is 1. The first-order valence-corrected chi connectivity index (χ1v) is 14.8. The van der Waals surface area contributed by atoms with Gasteiger partial charge in [0.05, 0.1) is 12.6 Å². The van der Waals surface area contributed by atoms with Gasteiger partial charge in [0.1, 0.15) is 18.1 Å². The van der Waals surface area contributed by atoms with Crippen molar-refractivity contribution in [2.24, 2.45) is 34.0 Å². The standard InChI is InChI=1S/C30H46N6O4/c1-27(2,3)23(33-20(37)14-35-15-28(4,5)16-35)26(40)36-13-19-21(29(19,6)7)22(36)25(39)32-18(12-31)10-17-11-30(8-9-30)34-24(17)38/h17-19,21-23H,8-11,13-16H2,1-7H3,(H,32,39)(H,33,37)(H,34,38)/t17-,18+,19+,21+,22+,23-/m1/s1. The van der Waals surface area contributed by atoms with Crippen LogP contribution in [0.3, 0.4) is 0 Å². The largest absolute Gasteiger partial charge is 0.350 e. The van der Waals surface area contributed by atoms with Crippen molar-refractivity contribution in [1.29, 1.82) is 5.26 Å². The average molecular weight is 555 g/mol. The highest BCUT2D eigenvalue weighted by atomic mass is 16.2. The van der Waals surface area contributed by atoms with Crippen molar-refractivity contribution in [2.75, 3.05) is 26.2 Å². The molecule has 2 aliphatic carbocycles. The summed E-state index contributed by atoms with van der Waals surface area (Å²) in [5.74, 6) is -0.966. The van der Waals surface area contributed by atoms with Gasteiger partial charge < -0.3 is 20.9 Å². The number of carbonyl (C=O) groups is 4. The van der Waals surface area contributed by atoms with Crippen LogP contribution in [0.1, 0.15) is 74.1 Å². The molecule has 0 unspecified atom stereocenters. The highest BCUT2D eigenvalue weighted by Gasteiger charge is 2.70. The second-order valence-electron chi connectivity index (χ2n) is 15.7. The number of fused-ring (bicyclic) bond motifs is 1. The number of likely N-dealkylation sites (tertiary alicyclic amines) is 2. The monoisotopic (exact) mass is 554 g/mol. The van der Waals surface area contributed by atoms with Crippen LogP contribution in [0.2, 0.25) is 0 Å². The van der Waals surface area contributed by atoms with E-state index in [0.717, 1.165) is 25.9 Å². The summed E-state index contributed by atoms with van der Waals surface area (Å²) in [5.41, 5.74) is -0.543. The van der Waals surface area contributed by atoms with Crippen LogP contribution in [0.25, 0.3) is 0 Å². The average Bonchev–Trinajstić information content (AvgIpc) is 3.53. The molecule has 0 bridgehead atoms. The molecule has 3 N–H and O–H groups in total. The number of nitrogens with one attached hydrogen (secondary N) is 3. The molecule has 1 spiro atoms. The Morgan fingerprint density at radius 2 is 1.77 bits per heavy atom. The number of amides is 4. The molecule has 5 rings (SSSR count). The van der Waals surface area contributed by atoms with Crippen LogP contribution in [0.15, 0.2) is 0 Å². The Morgan fingerprint density at radius 1 is 1.12 bits per heavy atom. The number of hydrogen-bond donors (Lipinski definition) is 3. The summed E-state index contributed by atoms with van der Waals surface area (Å²) in [4.78, 5) is 56.9. The van der Waals surface area contributed by atoms with Crippen molar-refractivity contribution in [3.8, 4) is 6.07 Å². The molecule has 4 amide bonds. The van der Waals surface area contributed by atoms with Crippen LogP contribution in [-0.2, 0) is 19.2 Å². The van der Waals surface area contributed by atoms with Gasteiger partial charge in [-0.25, -0.2) is 0 Å². The summed E-state index contributed by atoms with van der Waals surface area (Å²) < 4.78 is 0. The van der Waals surface area contributed by atoms with Gasteiger partial charge in [0.2, 0.25) is 23.6 Å². The Bertz CT molecular complexity index is 1140. The Morgan fingerprint density at radius 3 is 2.30 bits per heavy atom. The van der Waals surface area contributed by atoms with Crippen molar-refractivity contribution in [3.05, 3.63) is 0 Å². The van der Waals surface area contributed by atoms with Crippen LogP contribution < -0.4 is 16.0 Å². The van der Waals surface area contributed by atoms with Crippen LogP contribution in [0.5, 0.6) is 0 Å². The summed E-state index contributed by atoms with van der Waals surface area (Å²) in [6.45, 7) is 16.7. The lowest BCUT2D eigenvalue weighted by atomic mass is 9.84. The highest BCUT2D eigenvalue weighted by molar-refractivity contribution is 5.94. The van der Waals surface area contributed by atoms with E-state index >= 15 is 0 Å². The number of rotatable bonds is 8. The van der Waals surface area contributed by atoms with E-state index in [1.165, 1.54) is 0 Å². The highest BCUT2D eigenvalue weighted by Crippen LogP contribution is 2.65. The van der Waals surface area contributed by atoms with Gasteiger partial charge in [-0.15, -0.1) is 0 Å². The quantitative estimate of drug-likeness (QED) is 0.415. The third kappa shape index (κ3) is 5.34. The minimum Gasteiger partial charge on any atom is -0.350 e. The van der Waals surface area contributed by atoms with Crippen molar-refractivity contribution in [2.45, 2.75) is 97.8 Å². The molecule has 10 heteroatoms. The van der Waals surface area contributed by atoms with Gasteiger partial charge in [-0.1, -0.05) is 48.5 Å². The Kier molecular flexibility index (Phi) is 6.80. The number of nitrogens with zero attached hydrogens (tertiary/aromatic N) is 3. The fourth-order valence-electron chi connectivity index (χ4n) is 7.65. The number of hydrogen-bond acceptors (Lipinski definition) is 6. The van der Waals surface area contributed by atoms with E-state index in [1.54, 1.807) is 4.90 Å². The summed E-state index contributed by atoms with van der Waals surface area (Å²) in [6.07, 6.45) is 2.91. The normalized spacial score (nSPS) is 32.2. The lowest BCUT2D eigenvalue weighted by molar-refractivity contribution is -0.146. The maximum atomic E-state index is 14.0. The van der Waals surface area contributed by atoms with Crippen molar-refractivity contribution < 1.29 is 19.2 Å². The first-order valence-electron chi connectivity index (χ1n) is 14.8. The fourth-order valence-corrected chi connectivity index (χ4v) is 7.65. The maximum absolute atomic E-state index is 14.0. The summed E-state index contributed by atoms with van der Waals surface area (Å²) in [5, 5.41) is 18.8. The predicted molar refractivity (Wildman–Crippen MR) is 148 cm³/mol. The third-order valence-corrected chi connectivity index (χ3v) is 10.1. The molecule has 220 valence electrons. The molecule has 2 saturated carbocycles. The zero-order chi connectivity index (χ0) is 29.4. The summed E-state index contributed by atoms with van der Waals surface area (Å²) in [7, 11) is 0. The molecule has 40 heavy (non-hydrogen) atoms. The van der Waals surface area contributed by atoms with Gasteiger partial charge in [-0.2, -0.15) is 5.26 Å². The zero-order valence-corrected chi connectivity index (χ0v) is 25.1. The molecule has 3 aliphatic heterocycles. The molecule has 0 radical (unpaired) electrons. The van der Waals surface area contributed by atoms with Crippen LogP contribution in [-0.4, -0.2) is 83.3 Å². The Labute approximate surface area is 238 Å². The molecule has 0 aromatic rings. The first-order chi connectivity index (χ1) is 18.5. The van der Waals surface area contributed by atoms with E-state index < -0.39 is 23.5 Å². The molecular formula is C30H46N6O4. The minimum atomic E-state index is -0.811. The molecule has 0 aromatic carbocycles. The van der Waals surface area contributed by atoms with E-state index in [2.05, 4.69) is 54.6 Å². The zero-order valence-electron chi connectivity index (χ0n) is 25.1. The van der Waals surface area contributed by atoms with Crippen LogP contribution in [0, 0.1) is 45.3 Å². The topological polar surface area (TPSA) is 135 Å². The molecule has 10 nitrogen and oxygen atoms in total. The molecule has 3 saturated heterocycles. The first kappa shape index (κ1) is 28.8. The molecule has 0 aromatic heterocycles. The van der Waals surface area contributed by atoms with E-state index in [-0.39, 0.29) is 70.7 Å². The smallest absolute Gasteiger partial charge is 0.246 e. The fraction of sp³-hybridized carbons (Fsp3) is 0.833. The lowest BCUT2D eigenvalue weighted by Gasteiger charge is -2.45. The van der Waals surface area contributed by atoms with E-state index in [1.807, 2.05) is 20.8 Å². The summed E-state index contributed by atoms with van der Waals surface area (Å²) in [6, 6.07) is -0.133. The van der Waals surface area contributed by atoms with E-state index in [9.17, 15) is 24.4 Å². The molecule has 6 atom stereocenters.